The molecule has 0 aliphatic rings. The lowest BCUT2D eigenvalue weighted by Gasteiger charge is -2.18. The lowest BCUT2D eigenvalue weighted by molar-refractivity contribution is -0.385. The Kier molecular flexibility index (Phi) is 6.88. The summed E-state index contributed by atoms with van der Waals surface area (Å²) in [5.74, 6) is -1.82. The molecule has 0 saturated carbocycles. The van der Waals surface area contributed by atoms with E-state index >= 15 is 0 Å². The van der Waals surface area contributed by atoms with Gasteiger partial charge in [0.15, 0.2) is 17.5 Å². The van der Waals surface area contributed by atoms with Crippen LogP contribution in [0.1, 0.15) is 12.6 Å². The molecule has 31 heavy (non-hydrogen) atoms. The zero-order valence-corrected chi connectivity index (χ0v) is 17.0. The molecule has 0 unspecified atom stereocenters. The Balaban J connectivity index is 1.61. The summed E-state index contributed by atoms with van der Waals surface area (Å²) in [6, 6.07) is 11.5. The van der Waals surface area contributed by atoms with E-state index in [1.807, 2.05) is 0 Å². The smallest absolute Gasteiger partial charge is 0.344 e. The molecule has 0 aliphatic carbocycles. The van der Waals surface area contributed by atoms with Crippen LogP contribution in [0.2, 0.25) is 0 Å². The highest BCUT2D eigenvalue weighted by atomic mass is 32.1. The number of carbonyl (C=O) groups is 2. The number of hydrogen-bond acceptors (Lipinski definition) is 8. The molecule has 0 fully saturated rings. The zero-order chi connectivity index (χ0) is 22.4. The van der Waals surface area contributed by atoms with Crippen molar-refractivity contribution in [1.82, 2.24) is 4.98 Å². The van der Waals surface area contributed by atoms with Crippen LogP contribution in [0.5, 0.6) is 5.75 Å². The molecule has 0 N–H and O–H groups in total. The summed E-state index contributed by atoms with van der Waals surface area (Å²) in [7, 11) is 0. The van der Waals surface area contributed by atoms with Crippen molar-refractivity contribution in [2.75, 3.05) is 11.5 Å². The van der Waals surface area contributed by atoms with Crippen LogP contribution < -0.4 is 9.64 Å². The number of nitro groups is 1. The Morgan fingerprint density at radius 1 is 1.19 bits per heavy atom. The summed E-state index contributed by atoms with van der Waals surface area (Å²) >= 11 is 1.09. The summed E-state index contributed by atoms with van der Waals surface area (Å²) in [5, 5.41) is 12.8. The molecule has 0 aliphatic heterocycles. The van der Waals surface area contributed by atoms with E-state index in [9.17, 15) is 24.1 Å². The molecule has 0 bridgehead atoms. The number of para-hydroxylation sites is 3. The first-order chi connectivity index (χ1) is 14.9. The molecule has 0 spiro atoms. The van der Waals surface area contributed by atoms with Gasteiger partial charge in [-0.1, -0.05) is 24.3 Å². The molecular weight excluding hydrogens is 429 g/mol. The Hall–Kier alpha value is -3.86. The van der Waals surface area contributed by atoms with Crippen molar-refractivity contribution in [2.45, 2.75) is 13.5 Å². The maximum atomic E-state index is 14.1. The van der Waals surface area contributed by atoms with E-state index in [1.165, 1.54) is 43.3 Å². The van der Waals surface area contributed by atoms with Gasteiger partial charge in [0, 0.05) is 18.4 Å². The molecular formula is C20H16FN3O6S. The molecule has 1 amide bonds. The van der Waals surface area contributed by atoms with Gasteiger partial charge in [-0.05, 0) is 18.2 Å². The number of anilines is 2. The van der Waals surface area contributed by atoms with Gasteiger partial charge >= 0.3 is 11.7 Å². The minimum absolute atomic E-state index is 0.0533. The maximum Gasteiger partial charge on any atom is 0.344 e. The normalized spacial score (nSPS) is 10.4. The van der Waals surface area contributed by atoms with Crippen molar-refractivity contribution in [1.29, 1.82) is 0 Å². The predicted molar refractivity (Wildman–Crippen MR) is 110 cm³/mol. The quantitative estimate of drug-likeness (QED) is 0.293. The fourth-order valence-electron chi connectivity index (χ4n) is 2.57. The number of aromatic nitrogens is 1. The van der Waals surface area contributed by atoms with E-state index in [0.717, 1.165) is 16.2 Å². The second kappa shape index (κ2) is 9.76. The number of amides is 1. The average Bonchev–Trinajstić information content (AvgIpc) is 3.20. The van der Waals surface area contributed by atoms with Crippen LogP contribution in [-0.2, 0) is 20.9 Å². The van der Waals surface area contributed by atoms with Crippen molar-refractivity contribution >= 4 is 39.7 Å². The predicted octanol–water partition coefficient (Wildman–Crippen LogP) is 4.00. The van der Waals surface area contributed by atoms with Gasteiger partial charge in [0.05, 0.1) is 16.3 Å². The first-order valence-electron chi connectivity index (χ1n) is 8.88. The average molecular weight is 445 g/mol. The van der Waals surface area contributed by atoms with Crippen LogP contribution in [0.25, 0.3) is 0 Å². The van der Waals surface area contributed by atoms with Crippen molar-refractivity contribution < 1.29 is 28.4 Å². The molecule has 3 aromatic rings. The second-order valence-corrected chi connectivity index (χ2v) is 6.94. The van der Waals surface area contributed by atoms with Crippen LogP contribution in [0.15, 0.2) is 53.9 Å². The monoisotopic (exact) mass is 445 g/mol. The summed E-state index contributed by atoms with van der Waals surface area (Å²) in [6.07, 6.45) is 0. The number of hydrogen-bond donors (Lipinski definition) is 0. The molecule has 0 radical (unpaired) electrons. The third-order valence-electron chi connectivity index (χ3n) is 3.93. The Labute approximate surface area is 179 Å². The number of rotatable bonds is 8. The van der Waals surface area contributed by atoms with Gasteiger partial charge in [0.2, 0.25) is 5.91 Å². The van der Waals surface area contributed by atoms with Crippen LogP contribution in [0.3, 0.4) is 0 Å². The fraction of sp³-hybridized carbons (Fsp3) is 0.150. The Morgan fingerprint density at radius 2 is 1.90 bits per heavy atom. The number of nitrogens with zero attached hydrogens (tertiary/aromatic N) is 3. The van der Waals surface area contributed by atoms with Gasteiger partial charge in [0.25, 0.3) is 0 Å². The van der Waals surface area contributed by atoms with E-state index in [1.54, 1.807) is 17.5 Å². The minimum atomic E-state index is -0.759. The highest BCUT2D eigenvalue weighted by molar-refractivity contribution is 7.14. The fourth-order valence-corrected chi connectivity index (χ4v) is 3.43. The summed E-state index contributed by atoms with van der Waals surface area (Å²) in [4.78, 5) is 39.7. The molecule has 11 heteroatoms. The van der Waals surface area contributed by atoms with Crippen molar-refractivity contribution in [2.24, 2.45) is 0 Å². The van der Waals surface area contributed by atoms with Crippen molar-refractivity contribution in [3.8, 4) is 5.75 Å². The largest absolute Gasteiger partial charge is 0.475 e. The van der Waals surface area contributed by atoms with E-state index in [-0.39, 0.29) is 28.9 Å². The molecule has 2 aromatic carbocycles. The molecule has 3 rings (SSSR count). The molecule has 0 atom stereocenters. The third kappa shape index (κ3) is 5.39. The second-order valence-electron chi connectivity index (χ2n) is 6.10. The van der Waals surface area contributed by atoms with E-state index in [2.05, 4.69) is 4.98 Å². The Morgan fingerprint density at radius 3 is 2.61 bits per heavy atom. The molecule has 160 valence electrons. The number of esters is 1. The number of thiazole rings is 1. The highest BCUT2D eigenvalue weighted by Crippen LogP contribution is 2.31. The molecule has 1 heterocycles. The third-order valence-corrected chi connectivity index (χ3v) is 4.80. The van der Waals surface area contributed by atoms with Crippen LogP contribution in [0, 0.1) is 15.9 Å². The van der Waals surface area contributed by atoms with E-state index < -0.39 is 29.2 Å². The maximum absolute atomic E-state index is 14.1. The Bertz CT molecular complexity index is 1120. The molecule has 0 saturated heterocycles. The summed E-state index contributed by atoms with van der Waals surface area (Å²) in [5.41, 5.74) is 0.143. The topological polar surface area (TPSA) is 112 Å². The first kappa shape index (κ1) is 21.8. The minimum Gasteiger partial charge on any atom is -0.475 e. The summed E-state index contributed by atoms with van der Waals surface area (Å²) < 4.78 is 24.3. The van der Waals surface area contributed by atoms with Gasteiger partial charge in [-0.15, -0.1) is 11.3 Å². The number of carbonyl (C=O) groups excluding carboxylic acids is 2. The summed E-state index contributed by atoms with van der Waals surface area (Å²) in [6.45, 7) is 0.545. The van der Waals surface area contributed by atoms with Gasteiger partial charge < -0.3 is 9.47 Å². The van der Waals surface area contributed by atoms with Crippen molar-refractivity contribution in [3.05, 3.63) is 75.5 Å². The van der Waals surface area contributed by atoms with E-state index in [0.29, 0.717) is 5.69 Å². The van der Waals surface area contributed by atoms with Crippen molar-refractivity contribution in [3.63, 3.8) is 0 Å². The van der Waals surface area contributed by atoms with Crippen LogP contribution in [0.4, 0.5) is 20.9 Å². The number of benzene rings is 2. The lowest BCUT2D eigenvalue weighted by Crippen LogP contribution is -2.23. The van der Waals surface area contributed by atoms with E-state index in [4.69, 9.17) is 9.47 Å². The van der Waals surface area contributed by atoms with Crippen LogP contribution >= 0.6 is 11.3 Å². The first-order valence-corrected chi connectivity index (χ1v) is 9.76. The van der Waals surface area contributed by atoms with Gasteiger partial charge in [-0.2, -0.15) is 0 Å². The lowest BCUT2D eigenvalue weighted by atomic mass is 10.3. The standard InChI is InChI=1S/C20H16FN3O6S/c1-13(25)23(16-7-3-2-6-15(16)21)20-22-14(12-31-20)10-30-19(26)11-29-18-9-5-4-8-17(18)24(27)28/h2-9,12H,10-11H2,1H3. The zero-order valence-electron chi connectivity index (χ0n) is 16.2. The van der Waals surface area contributed by atoms with Crippen LogP contribution in [-0.4, -0.2) is 28.4 Å². The highest BCUT2D eigenvalue weighted by Gasteiger charge is 2.21. The SMILES string of the molecule is CC(=O)N(c1nc(COC(=O)COc2ccccc2[N+](=O)[O-])cs1)c1ccccc1F. The van der Waals surface area contributed by atoms with Gasteiger partial charge in [-0.25, -0.2) is 14.2 Å². The van der Waals surface area contributed by atoms with Gasteiger partial charge in [0.1, 0.15) is 12.4 Å². The molecule has 9 nitrogen and oxygen atoms in total. The molecule has 1 aromatic heterocycles. The number of halogens is 1. The number of nitro benzene ring substituents is 1. The number of ether oxygens (including phenoxy) is 2. The van der Waals surface area contributed by atoms with Gasteiger partial charge in [-0.3, -0.25) is 19.8 Å².